The summed E-state index contributed by atoms with van der Waals surface area (Å²) in [6.07, 6.45) is 0. The summed E-state index contributed by atoms with van der Waals surface area (Å²) in [5.41, 5.74) is 4.37. The smallest absolute Gasteiger partial charge is 0.0446 e. The first-order valence-electron chi connectivity index (χ1n) is 8.85. The molecule has 0 bridgehead atoms. The van der Waals surface area contributed by atoms with Crippen molar-refractivity contribution in [3.63, 3.8) is 0 Å². The molecule has 134 valence electrons. The minimum absolute atomic E-state index is 0.190. The van der Waals surface area contributed by atoms with Gasteiger partial charge >= 0.3 is 0 Å². The van der Waals surface area contributed by atoms with Gasteiger partial charge in [0, 0.05) is 20.9 Å². The summed E-state index contributed by atoms with van der Waals surface area (Å²) in [7, 11) is 0. The van der Waals surface area contributed by atoms with Gasteiger partial charge in [0.1, 0.15) is 0 Å². The van der Waals surface area contributed by atoms with Gasteiger partial charge in [-0.3, -0.25) is 0 Å². The third-order valence-electron chi connectivity index (χ3n) is 5.40. The highest BCUT2D eigenvalue weighted by Crippen LogP contribution is 2.40. The van der Waals surface area contributed by atoms with Crippen LogP contribution < -0.4 is 0 Å². The molecule has 0 aliphatic rings. The minimum Gasteiger partial charge on any atom is -0.0840 e. The van der Waals surface area contributed by atoms with Crippen molar-refractivity contribution in [2.24, 2.45) is 0 Å². The van der Waals surface area contributed by atoms with Crippen molar-refractivity contribution in [3.8, 4) is 0 Å². The van der Waals surface area contributed by atoms with Crippen molar-refractivity contribution in [2.45, 2.75) is 38.5 Å². The SMILES string of the molecule is CC(C)(c1cccc(C(C)(C)c2ccccc2Cl)c1)c1ccccc1Cl. The second kappa shape index (κ2) is 7.10. The average molecular weight is 383 g/mol. The van der Waals surface area contributed by atoms with Crippen LogP contribution in [0.2, 0.25) is 10.0 Å². The van der Waals surface area contributed by atoms with E-state index in [4.69, 9.17) is 23.2 Å². The zero-order chi connectivity index (χ0) is 18.9. The molecule has 0 atom stereocenters. The molecule has 0 aliphatic heterocycles. The van der Waals surface area contributed by atoms with Crippen molar-refractivity contribution < 1.29 is 0 Å². The molecule has 3 aromatic carbocycles. The van der Waals surface area contributed by atoms with E-state index in [0.29, 0.717) is 0 Å². The molecule has 0 spiro atoms. The van der Waals surface area contributed by atoms with Crippen LogP contribution in [-0.2, 0) is 10.8 Å². The van der Waals surface area contributed by atoms with E-state index in [1.807, 2.05) is 36.4 Å². The maximum atomic E-state index is 6.49. The van der Waals surface area contributed by atoms with Gasteiger partial charge in [-0.15, -0.1) is 0 Å². The van der Waals surface area contributed by atoms with Gasteiger partial charge in [-0.1, -0.05) is 112 Å². The summed E-state index contributed by atoms with van der Waals surface area (Å²) in [4.78, 5) is 0. The minimum atomic E-state index is -0.190. The molecule has 0 amide bonds. The maximum Gasteiger partial charge on any atom is 0.0446 e. The van der Waals surface area contributed by atoms with Gasteiger partial charge in [-0.05, 0) is 34.4 Å². The first kappa shape index (κ1) is 19.0. The van der Waals surface area contributed by atoms with Crippen molar-refractivity contribution in [2.75, 3.05) is 0 Å². The van der Waals surface area contributed by atoms with Crippen LogP contribution in [0.25, 0.3) is 0 Å². The highest BCUT2D eigenvalue weighted by molar-refractivity contribution is 6.31. The topological polar surface area (TPSA) is 0 Å². The zero-order valence-electron chi connectivity index (χ0n) is 15.7. The largest absolute Gasteiger partial charge is 0.0840 e. The van der Waals surface area contributed by atoms with Gasteiger partial charge in [-0.25, -0.2) is 0 Å². The molecule has 0 saturated heterocycles. The van der Waals surface area contributed by atoms with E-state index in [9.17, 15) is 0 Å². The van der Waals surface area contributed by atoms with Crippen molar-refractivity contribution >= 4 is 23.2 Å². The molecule has 0 saturated carbocycles. The summed E-state index contributed by atoms with van der Waals surface area (Å²) in [5.74, 6) is 0. The van der Waals surface area contributed by atoms with E-state index in [1.54, 1.807) is 0 Å². The summed E-state index contributed by atoms with van der Waals surface area (Å²) >= 11 is 13.0. The molecule has 0 unspecified atom stereocenters. The lowest BCUT2D eigenvalue weighted by atomic mass is 9.73. The van der Waals surface area contributed by atoms with Gasteiger partial charge in [0.15, 0.2) is 0 Å². The van der Waals surface area contributed by atoms with Crippen LogP contribution >= 0.6 is 23.2 Å². The van der Waals surface area contributed by atoms with Crippen LogP contribution in [0.3, 0.4) is 0 Å². The number of hydrogen-bond acceptors (Lipinski definition) is 0. The molecule has 2 heteroatoms. The van der Waals surface area contributed by atoms with E-state index < -0.39 is 0 Å². The third kappa shape index (κ3) is 3.41. The highest BCUT2D eigenvalue weighted by atomic mass is 35.5. The standard InChI is InChI=1S/C24H24Cl2/c1-23(2,19-12-5-7-14-21(19)25)17-10-9-11-18(16-17)24(3,4)20-13-6-8-15-22(20)26/h5-16H,1-4H3. The van der Waals surface area contributed by atoms with E-state index in [2.05, 4.69) is 64.1 Å². The van der Waals surface area contributed by atoms with Gasteiger partial charge in [0.25, 0.3) is 0 Å². The van der Waals surface area contributed by atoms with Crippen LogP contribution in [0.15, 0.2) is 72.8 Å². The predicted molar refractivity (Wildman–Crippen MR) is 114 cm³/mol. The summed E-state index contributed by atoms with van der Waals surface area (Å²) < 4.78 is 0. The maximum absolute atomic E-state index is 6.49. The number of rotatable bonds is 4. The summed E-state index contributed by atoms with van der Waals surface area (Å²) in [6, 6.07) is 24.9. The van der Waals surface area contributed by atoms with Gasteiger partial charge in [0.05, 0.1) is 0 Å². The van der Waals surface area contributed by atoms with Crippen LogP contribution in [0, 0.1) is 0 Å². The molecule has 0 fully saturated rings. The van der Waals surface area contributed by atoms with E-state index >= 15 is 0 Å². The normalized spacial score (nSPS) is 12.2. The molecule has 3 aromatic rings. The summed E-state index contributed by atoms with van der Waals surface area (Å²) in [5, 5.41) is 1.60. The Hall–Kier alpha value is -1.76. The molecule has 0 aliphatic carbocycles. The molecule has 0 nitrogen and oxygen atoms in total. The first-order chi connectivity index (χ1) is 12.2. The van der Waals surface area contributed by atoms with Crippen molar-refractivity contribution in [3.05, 3.63) is 105 Å². The molecular weight excluding hydrogens is 359 g/mol. The van der Waals surface area contributed by atoms with E-state index in [-0.39, 0.29) is 10.8 Å². The quantitative estimate of drug-likeness (QED) is 0.434. The fourth-order valence-electron chi connectivity index (χ4n) is 3.54. The first-order valence-corrected chi connectivity index (χ1v) is 9.61. The fraction of sp³-hybridized carbons (Fsp3) is 0.250. The Morgan fingerprint density at radius 1 is 0.538 bits per heavy atom. The molecule has 0 aromatic heterocycles. The van der Waals surface area contributed by atoms with Crippen LogP contribution in [0.1, 0.15) is 49.9 Å². The second-order valence-corrected chi connectivity index (χ2v) is 8.60. The Balaban J connectivity index is 2.09. The molecule has 0 heterocycles. The average Bonchev–Trinajstić information content (AvgIpc) is 2.62. The van der Waals surface area contributed by atoms with Gasteiger partial charge < -0.3 is 0 Å². The molecule has 3 rings (SSSR count). The highest BCUT2D eigenvalue weighted by Gasteiger charge is 2.29. The van der Waals surface area contributed by atoms with E-state index in [1.165, 1.54) is 11.1 Å². The third-order valence-corrected chi connectivity index (χ3v) is 6.06. The molecule has 0 N–H and O–H groups in total. The zero-order valence-corrected chi connectivity index (χ0v) is 17.2. The second-order valence-electron chi connectivity index (χ2n) is 7.79. The molecule has 26 heavy (non-hydrogen) atoms. The number of halogens is 2. The predicted octanol–water partition coefficient (Wildman–Crippen LogP) is 7.65. The monoisotopic (exact) mass is 382 g/mol. The lowest BCUT2D eigenvalue weighted by Gasteiger charge is -2.31. The lowest BCUT2D eigenvalue weighted by molar-refractivity contribution is 0.618. The Labute approximate surface area is 166 Å². The van der Waals surface area contributed by atoms with Crippen LogP contribution in [0.5, 0.6) is 0 Å². The number of benzene rings is 3. The Bertz CT molecular complexity index is 850. The Morgan fingerprint density at radius 2 is 0.923 bits per heavy atom. The van der Waals surface area contributed by atoms with Crippen LogP contribution in [-0.4, -0.2) is 0 Å². The van der Waals surface area contributed by atoms with Gasteiger partial charge in [-0.2, -0.15) is 0 Å². The van der Waals surface area contributed by atoms with Gasteiger partial charge in [0.2, 0.25) is 0 Å². The van der Waals surface area contributed by atoms with E-state index in [0.717, 1.165) is 21.2 Å². The number of hydrogen-bond donors (Lipinski definition) is 0. The van der Waals surface area contributed by atoms with Crippen LogP contribution in [0.4, 0.5) is 0 Å². The van der Waals surface area contributed by atoms with Crippen molar-refractivity contribution in [1.29, 1.82) is 0 Å². The fourth-order valence-corrected chi connectivity index (χ4v) is 4.29. The molecule has 0 radical (unpaired) electrons. The Morgan fingerprint density at radius 3 is 1.31 bits per heavy atom. The van der Waals surface area contributed by atoms with Crippen molar-refractivity contribution in [1.82, 2.24) is 0 Å². The summed E-state index contributed by atoms with van der Waals surface area (Å²) in [6.45, 7) is 8.87. The lowest BCUT2D eigenvalue weighted by Crippen LogP contribution is -2.23. The Kier molecular flexibility index (Phi) is 5.19. The molecular formula is C24H24Cl2.